The maximum atomic E-state index is 12.7. The van der Waals surface area contributed by atoms with Crippen molar-refractivity contribution in [3.8, 4) is 5.88 Å². The van der Waals surface area contributed by atoms with Crippen LogP contribution in [0.15, 0.2) is 9.95 Å². The minimum Gasteiger partial charge on any atom is -0.476 e. The summed E-state index contributed by atoms with van der Waals surface area (Å²) < 4.78 is 7.67. The third-order valence-electron chi connectivity index (χ3n) is 3.75. The molecule has 124 valence electrons. The molecule has 22 heavy (non-hydrogen) atoms. The normalized spacial score (nSPS) is 14.2. The molecule has 0 bridgehead atoms. The highest BCUT2D eigenvalue weighted by Crippen LogP contribution is 2.25. The fourth-order valence-electron chi connectivity index (χ4n) is 2.46. The molecule has 1 aliphatic heterocycles. The zero-order valence-corrected chi connectivity index (χ0v) is 14.7. The molecule has 0 atom stereocenters. The first-order valence-electron chi connectivity index (χ1n) is 8.17. The van der Waals surface area contributed by atoms with Gasteiger partial charge in [-0.05, 0) is 33.4 Å². The molecule has 0 aliphatic carbocycles. The van der Waals surface area contributed by atoms with Gasteiger partial charge in [-0.3, -0.25) is 9.36 Å². The Labute approximate surface area is 137 Å². The number of hydrogen-bond acceptors (Lipinski definition) is 5. The quantitative estimate of drug-likeness (QED) is 0.542. The molecule has 0 saturated carbocycles. The van der Waals surface area contributed by atoms with Crippen LogP contribution in [0, 0.1) is 0 Å². The Morgan fingerprint density at radius 2 is 2.18 bits per heavy atom. The second-order valence-electron chi connectivity index (χ2n) is 5.95. The van der Waals surface area contributed by atoms with E-state index in [1.54, 1.807) is 11.8 Å². The number of aromatic nitrogens is 2. The van der Waals surface area contributed by atoms with E-state index < -0.39 is 0 Å². The van der Waals surface area contributed by atoms with Crippen LogP contribution in [0.1, 0.15) is 38.2 Å². The van der Waals surface area contributed by atoms with Gasteiger partial charge >= 0.3 is 0 Å². The molecule has 0 spiro atoms. The van der Waals surface area contributed by atoms with E-state index in [2.05, 4.69) is 16.8 Å². The number of ether oxygens (including phenoxy) is 1. The Balaban J connectivity index is 2.23. The van der Waals surface area contributed by atoms with E-state index in [1.807, 2.05) is 18.7 Å². The molecule has 1 aliphatic rings. The van der Waals surface area contributed by atoms with Gasteiger partial charge in [0, 0.05) is 18.8 Å². The molecule has 0 unspecified atom stereocenters. The number of fused-ring (bicyclic) bond motifs is 1. The van der Waals surface area contributed by atoms with E-state index in [-0.39, 0.29) is 5.56 Å². The first-order valence-corrected chi connectivity index (χ1v) is 9.16. The maximum absolute atomic E-state index is 12.7. The summed E-state index contributed by atoms with van der Waals surface area (Å²) in [6.45, 7) is 4.34. The summed E-state index contributed by atoms with van der Waals surface area (Å²) in [7, 11) is 4.02. The van der Waals surface area contributed by atoms with Crippen molar-refractivity contribution in [3.63, 3.8) is 0 Å². The van der Waals surface area contributed by atoms with Gasteiger partial charge < -0.3 is 9.64 Å². The van der Waals surface area contributed by atoms with Gasteiger partial charge in [-0.1, -0.05) is 31.5 Å². The summed E-state index contributed by atoms with van der Waals surface area (Å²) in [5.41, 5.74) is 0.867. The standard InChI is InChI=1S/C16H27N3O2S/c1-4-5-6-8-13-14(21-11-10-18(2)3)17-16-19(15(13)20)9-7-12-22-16/h4-12H2,1-3H3. The number of unbranched alkanes of at least 4 members (excludes halogenated alkanes) is 2. The molecule has 0 fully saturated rings. The lowest BCUT2D eigenvalue weighted by molar-refractivity contribution is 0.247. The van der Waals surface area contributed by atoms with Gasteiger partial charge in [0.15, 0.2) is 5.16 Å². The van der Waals surface area contributed by atoms with Crippen LogP contribution >= 0.6 is 11.8 Å². The summed E-state index contributed by atoms with van der Waals surface area (Å²) in [6, 6.07) is 0. The molecule has 0 amide bonds. The molecule has 2 heterocycles. The van der Waals surface area contributed by atoms with Gasteiger partial charge in [-0.15, -0.1) is 0 Å². The summed E-state index contributed by atoms with van der Waals surface area (Å²) in [5.74, 6) is 1.59. The predicted octanol–water partition coefficient (Wildman–Crippen LogP) is 2.41. The summed E-state index contributed by atoms with van der Waals surface area (Å²) in [6.07, 6.45) is 5.10. The molecular formula is C16H27N3O2S. The topological polar surface area (TPSA) is 47.4 Å². The van der Waals surface area contributed by atoms with Gasteiger partial charge in [0.25, 0.3) is 5.56 Å². The molecule has 0 N–H and O–H groups in total. The van der Waals surface area contributed by atoms with Crippen LogP contribution in [-0.2, 0) is 13.0 Å². The Bertz CT molecular complexity index is 543. The highest BCUT2D eigenvalue weighted by Gasteiger charge is 2.20. The van der Waals surface area contributed by atoms with Crippen LogP contribution in [0.25, 0.3) is 0 Å². The van der Waals surface area contributed by atoms with E-state index in [0.29, 0.717) is 12.5 Å². The molecule has 5 nitrogen and oxygen atoms in total. The van der Waals surface area contributed by atoms with Crippen LogP contribution in [-0.4, -0.2) is 47.5 Å². The van der Waals surface area contributed by atoms with Crippen molar-refractivity contribution < 1.29 is 4.74 Å². The van der Waals surface area contributed by atoms with Crippen molar-refractivity contribution in [2.75, 3.05) is 33.0 Å². The lowest BCUT2D eigenvalue weighted by Crippen LogP contribution is -2.30. The fourth-order valence-corrected chi connectivity index (χ4v) is 3.39. The summed E-state index contributed by atoms with van der Waals surface area (Å²) in [5, 5.41) is 0.815. The third-order valence-corrected chi connectivity index (χ3v) is 4.82. The fraction of sp³-hybridized carbons (Fsp3) is 0.750. The maximum Gasteiger partial charge on any atom is 0.261 e. The second-order valence-corrected chi connectivity index (χ2v) is 7.01. The van der Waals surface area contributed by atoms with Crippen LogP contribution in [0.5, 0.6) is 5.88 Å². The lowest BCUT2D eigenvalue weighted by atomic mass is 10.1. The number of nitrogens with zero attached hydrogens (tertiary/aromatic N) is 3. The van der Waals surface area contributed by atoms with Crippen LogP contribution in [0.2, 0.25) is 0 Å². The molecule has 0 saturated heterocycles. The molecule has 6 heteroatoms. The number of hydrogen-bond donors (Lipinski definition) is 0. The Kier molecular flexibility index (Phi) is 6.76. The number of thioether (sulfide) groups is 1. The van der Waals surface area contributed by atoms with Gasteiger partial charge in [0.1, 0.15) is 6.61 Å². The minimum absolute atomic E-state index is 0.105. The monoisotopic (exact) mass is 325 g/mol. The Morgan fingerprint density at radius 1 is 1.36 bits per heavy atom. The summed E-state index contributed by atoms with van der Waals surface area (Å²) >= 11 is 1.66. The van der Waals surface area contributed by atoms with Crippen molar-refractivity contribution >= 4 is 11.8 Å². The average molecular weight is 325 g/mol. The van der Waals surface area contributed by atoms with Gasteiger partial charge in [0.2, 0.25) is 5.88 Å². The number of likely N-dealkylation sites (N-methyl/N-ethyl adjacent to an activating group) is 1. The zero-order chi connectivity index (χ0) is 15.9. The largest absolute Gasteiger partial charge is 0.476 e. The van der Waals surface area contributed by atoms with Crippen molar-refractivity contribution in [1.29, 1.82) is 0 Å². The lowest BCUT2D eigenvalue weighted by Gasteiger charge is -2.20. The van der Waals surface area contributed by atoms with Gasteiger partial charge in [-0.2, -0.15) is 4.98 Å². The molecule has 1 aromatic rings. The van der Waals surface area contributed by atoms with Crippen molar-refractivity contribution in [2.45, 2.75) is 50.7 Å². The highest BCUT2D eigenvalue weighted by atomic mass is 32.2. The van der Waals surface area contributed by atoms with E-state index in [0.717, 1.165) is 61.7 Å². The molecule has 0 radical (unpaired) electrons. The first kappa shape index (κ1) is 17.3. The smallest absolute Gasteiger partial charge is 0.261 e. The van der Waals surface area contributed by atoms with Crippen LogP contribution in [0.4, 0.5) is 0 Å². The second kappa shape index (κ2) is 8.58. The molecular weight excluding hydrogens is 298 g/mol. The predicted molar refractivity (Wildman–Crippen MR) is 91.1 cm³/mol. The zero-order valence-electron chi connectivity index (χ0n) is 13.9. The van der Waals surface area contributed by atoms with Crippen molar-refractivity contribution in [3.05, 3.63) is 15.9 Å². The molecule has 2 rings (SSSR count). The van der Waals surface area contributed by atoms with Crippen molar-refractivity contribution in [1.82, 2.24) is 14.5 Å². The van der Waals surface area contributed by atoms with E-state index in [9.17, 15) is 4.79 Å². The van der Waals surface area contributed by atoms with E-state index >= 15 is 0 Å². The molecule has 0 aromatic carbocycles. The third kappa shape index (κ3) is 4.49. The highest BCUT2D eigenvalue weighted by molar-refractivity contribution is 7.99. The SMILES string of the molecule is CCCCCc1c(OCCN(C)C)nc2n(c1=O)CCCS2. The molecule has 1 aromatic heterocycles. The van der Waals surface area contributed by atoms with E-state index in [4.69, 9.17) is 4.74 Å². The summed E-state index contributed by atoms with van der Waals surface area (Å²) in [4.78, 5) is 19.4. The average Bonchev–Trinajstić information content (AvgIpc) is 2.50. The minimum atomic E-state index is 0.105. The Hall–Kier alpha value is -1.01. The van der Waals surface area contributed by atoms with Gasteiger partial charge in [0.05, 0.1) is 5.56 Å². The van der Waals surface area contributed by atoms with Crippen LogP contribution < -0.4 is 10.3 Å². The number of rotatable bonds is 8. The van der Waals surface area contributed by atoms with E-state index in [1.165, 1.54) is 0 Å². The van der Waals surface area contributed by atoms with Crippen molar-refractivity contribution in [2.24, 2.45) is 0 Å². The Morgan fingerprint density at radius 3 is 2.91 bits per heavy atom. The van der Waals surface area contributed by atoms with Crippen LogP contribution in [0.3, 0.4) is 0 Å². The van der Waals surface area contributed by atoms with Gasteiger partial charge in [-0.25, -0.2) is 0 Å². The first-order chi connectivity index (χ1) is 10.6.